The van der Waals surface area contributed by atoms with Crippen LogP contribution in [0.2, 0.25) is 0 Å². The number of halogens is 3. The van der Waals surface area contributed by atoms with E-state index in [1.807, 2.05) is 18.2 Å². The maximum Gasteiger partial charge on any atom is 0.434 e. The van der Waals surface area contributed by atoms with E-state index in [0.717, 1.165) is 17.3 Å². The summed E-state index contributed by atoms with van der Waals surface area (Å²) < 4.78 is 41.1. The summed E-state index contributed by atoms with van der Waals surface area (Å²) in [6, 6.07) is 16.3. The fraction of sp³-hybridized carbons (Fsp3) is 0.292. The van der Waals surface area contributed by atoms with Crippen LogP contribution in [0.3, 0.4) is 0 Å². The molecule has 0 spiro atoms. The number of amides is 1. The number of carbonyl (C=O) groups excluding carboxylic acids is 1. The lowest BCUT2D eigenvalue weighted by atomic mass is 9.87. The Labute approximate surface area is 185 Å². The van der Waals surface area contributed by atoms with Gasteiger partial charge in [0.1, 0.15) is 0 Å². The molecule has 1 heterocycles. The molecule has 0 saturated carbocycles. The minimum Gasteiger partial charge on any atom is -0.337 e. The Morgan fingerprint density at radius 1 is 1.00 bits per heavy atom. The van der Waals surface area contributed by atoms with Crippen molar-refractivity contribution in [1.29, 1.82) is 0 Å². The molecular formula is C24H25F3N4O. The van der Waals surface area contributed by atoms with E-state index in [4.69, 9.17) is 0 Å². The summed E-state index contributed by atoms with van der Waals surface area (Å²) in [5, 5.41) is 2.78. The Morgan fingerprint density at radius 2 is 1.62 bits per heavy atom. The van der Waals surface area contributed by atoms with Crippen molar-refractivity contribution in [2.24, 2.45) is 0 Å². The van der Waals surface area contributed by atoms with Gasteiger partial charge in [0.15, 0.2) is 5.69 Å². The van der Waals surface area contributed by atoms with E-state index in [9.17, 15) is 18.0 Å². The van der Waals surface area contributed by atoms with Crippen molar-refractivity contribution < 1.29 is 18.0 Å². The van der Waals surface area contributed by atoms with Gasteiger partial charge < -0.3 is 10.2 Å². The summed E-state index contributed by atoms with van der Waals surface area (Å²) in [5.41, 5.74) is 0.520. The smallest absolute Gasteiger partial charge is 0.337 e. The molecule has 0 saturated heterocycles. The number of aromatic nitrogens is 2. The number of benzene rings is 2. The SMILES string of the molecule is CN(Cc1ccccc1)C(=O)c1cnc(Nc2ccc(C(C)(C)C)cc2)nc1C(F)(F)F. The Morgan fingerprint density at radius 3 is 2.19 bits per heavy atom. The Balaban J connectivity index is 1.85. The van der Waals surface area contributed by atoms with Gasteiger partial charge in [-0.25, -0.2) is 9.97 Å². The van der Waals surface area contributed by atoms with Crippen LogP contribution in [0.1, 0.15) is 48.0 Å². The molecule has 0 aliphatic rings. The van der Waals surface area contributed by atoms with Gasteiger partial charge in [-0.15, -0.1) is 0 Å². The van der Waals surface area contributed by atoms with Crippen molar-refractivity contribution >= 4 is 17.5 Å². The minimum absolute atomic E-state index is 0.0493. The highest BCUT2D eigenvalue weighted by molar-refractivity contribution is 5.95. The Bertz CT molecular complexity index is 1080. The first-order valence-electron chi connectivity index (χ1n) is 10.1. The molecule has 0 radical (unpaired) electrons. The van der Waals surface area contributed by atoms with Gasteiger partial charge >= 0.3 is 6.18 Å². The molecule has 0 unspecified atom stereocenters. The monoisotopic (exact) mass is 442 g/mol. The van der Waals surface area contributed by atoms with Gasteiger partial charge in [-0.2, -0.15) is 13.2 Å². The van der Waals surface area contributed by atoms with E-state index in [-0.39, 0.29) is 17.9 Å². The zero-order valence-corrected chi connectivity index (χ0v) is 18.4. The molecule has 5 nitrogen and oxygen atoms in total. The molecule has 1 aromatic heterocycles. The molecule has 8 heteroatoms. The number of rotatable bonds is 5. The largest absolute Gasteiger partial charge is 0.434 e. The van der Waals surface area contributed by atoms with Crippen LogP contribution in [-0.2, 0) is 18.1 Å². The number of hydrogen-bond donors (Lipinski definition) is 1. The zero-order valence-electron chi connectivity index (χ0n) is 18.4. The second-order valence-corrected chi connectivity index (χ2v) is 8.55. The third kappa shape index (κ3) is 5.63. The molecule has 3 rings (SSSR count). The first kappa shape index (κ1) is 23.2. The van der Waals surface area contributed by atoms with Crippen LogP contribution in [0.5, 0.6) is 0 Å². The first-order chi connectivity index (χ1) is 14.9. The van der Waals surface area contributed by atoms with Gasteiger partial charge in [-0.3, -0.25) is 4.79 Å². The van der Waals surface area contributed by atoms with Gasteiger partial charge in [0.2, 0.25) is 5.95 Å². The topological polar surface area (TPSA) is 58.1 Å². The van der Waals surface area contributed by atoms with Crippen LogP contribution in [0, 0.1) is 0 Å². The molecular weight excluding hydrogens is 417 g/mol. The lowest BCUT2D eigenvalue weighted by Crippen LogP contribution is -2.29. The van der Waals surface area contributed by atoms with Crippen molar-refractivity contribution in [3.63, 3.8) is 0 Å². The molecule has 0 fully saturated rings. The zero-order chi connectivity index (χ0) is 23.5. The summed E-state index contributed by atoms with van der Waals surface area (Å²) in [4.78, 5) is 21.5. The van der Waals surface area contributed by atoms with E-state index in [1.54, 1.807) is 36.4 Å². The van der Waals surface area contributed by atoms with Gasteiger partial charge in [0.05, 0.1) is 5.56 Å². The summed E-state index contributed by atoms with van der Waals surface area (Å²) >= 11 is 0. The molecule has 1 amide bonds. The van der Waals surface area contributed by atoms with Gasteiger partial charge in [-0.05, 0) is 28.7 Å². The molecule has 0 atom stereocenters. The Kier molecular flexibility index (Phi) is 6.52. The molecule has 2 aromatic carbocycles. The third-order valence-corrected chi connectivity index (χ3v) is 4.90. The quantitative estimate of drug-likeness (QED) is 0.542. The second kappa shape index (κ2) is 8.98. The molecule has 1 N–H and O–H groups in total. The van der Waals surface area contributed by atoms with E-state index in [2.05, 4.69) is 36.1 Å². The number of alkyl halides is 3. The third-order valence-electron chi connectivity index (χ3n) is 4.90. The molecule has 0 aliphatic heterocycles. The van der Waals surface area contributed by atoms with Crippen molar-refractivity contribution in [3.05, 3.63) is 83.2 Å². The van der Waals surface area contributed by atoms with Crippen LogP contribution in [-0.4, -0.2) is 27.8 Å². The average Bonchev–Trinajstić information content (AvgIpc) is 2.73. The molecule has 168 valence electrons. The van der Waals surface area contributed by atoms with E-state index >= 15 is 0 Å². The second-order valence-electron chi connectivity index (χ2n) is 8.55. The summed E-state index contributed by atoms with van der Waals surface area (Å²) in [5.74, 6) is -1.04. The average molecular weight is 442 g/mol. The maximum absolute atomic E-state index is 13.7. The van der Waals surface area contributed by atoms with Crippen LogP contribution in [0.15, 0.2) is 60.8 Å². The number of anilines is 2. The standard InChI is InChI=1S/C24H25F3N4O/c1-23(2,3)17-10-12-18(13-11-17)29-22-28-14-19(20(30-22)24(25,26)27)21(32)31(4)15-16-8-6-5-7-9-16/h5-14H,15H2,1-4H3,(H,28,29,30). The Hall–Kier alpha value is -3.42. The number of nitrogens with one attached hydrogen (secondary N) is 1. The molecule has 3 aromatic rings. The minimum atomic E-state index is -4.81. The van der Waals surface area contributed by atoms with E-state index in [1.165, 1.54) is 11.9 Å². The van der Waals surface area contributed by atoms with Crippen LogP contribution in [0.25, 0.3) is 0 Å². The highest BCUT2D eigenvalue weighted by atomic mass is 19.4. The van der Waals surface area contributed by atoms with Gasteiger partial charge in [-0.1, -0.05) is 63.2 Å². The number of nitrogens with zero attached hydrogens (tertiary/aromatic N) is 3. The molecule has 0 bridgehead atoms. The summed E-state index contributed by atoms with van der Waals surface area (Å²) in [7, 11) is 1.44. The van der Waals surface area contributed by atoms with Crippen molar-refractivity contribution in [2.75, 3.05) is 12.4 Å². The first-order valence-corrected chi connectivity index (χ1v) is 10.1. The van der Waals surface area contributed by atoms with Crippen LogP contribution >= 0.6 is 0 Å². The van der Waals surface area contributed by atoms with Crippen molar-refractivity contribution in [3.8, 4) is 0 Å². The van der Waals surface area contributed by atoms with E-state index in [0.29, 0.717) is 5.69 Å². The normalized spacial score (nSPS) is 11.8. The summed E-state index contributed by atoms with van der Waals surface area (Å²) in [6.45, 7) is 6.37. The fourth-order valence-corrected chi connectivity index (χ4v) is 3.13. The van der Waals surface area contributed by atoms with E-state index < -0.39 is 23.3 Å². The lowest BCUT2D eigenvalue weighted by Gasteiger charge is -2.20. The summed E-state index contributed by atoms with van der Waals surface area (Å²) in [6.07, 6.45) is -3.89. The van der Waals surface area contributed by atoms with Gasteiger partial charge in [0, 0.05) is 25.5 Å². The van der Waals surface area contributed by atoms with Crippen LogP contribution in [0.4, 0.5) is 24.8 Å². The van der Waals surface area contributed by atoms with Crippen molar-refractivity contribution in [2.45, 2.75) is 38.9 Å². The number of hydrogen-bond acceptors (Lipinski definition) is 4. The predicted octanol–water partition coefficient (Wildman–Crippen LogP) is 5.81. The van der Waals surface area contributed by atoms with Crippen LogP contribution < -0.4 is 5.32 Å². The lowest BCUT2D eigenvalue weighted by molar-refractivity contribution is -0.141. The molecule has 32 heavy (non-hydrogen) atoms. The maximum atomic E-state index is 13.7. The predicted molar refractivity (Wildman–Crippen MR) is 118 cm³/mol. The fourth-order valence-electron chi connectivity index (χ4n) is 3.13. The van der Waals surface area contributed by atoms with Crippen molar-refractivity contribution in [1.82, 2.24) is 14.9 Å². The van der Waals surface area contributed by atoms with Gasteiger partial charge in [0.25, 0.3) is 5.91 Å². The number of carbonyl (C=O) groups is 1. The highest BCUT2D eigenvalue weighted by Gasteiger charge is 2.38. The molecule has 0 aliphatic carbocycles. The highest BCUT2D eigenvalue weighted by Crippen LogP contribution is 2.32.